The maximum atomic E-state index is 13.2. The number of likely N-dealkylation sites (tertiary alicyclic amines) is 1. The lowest BCUT2D eigenvalue weighted by molar-refractivity contribution is -0.138. The van der Waals surface area contributed by atoms with Crippen LogP contribution < -0.4 is 4.74 Å². The highest BCUT2D eigenvalue weighted by Crippen LogP contribution is 2.39. The summed E-state index contributed by atoms with van der Waals surface area (Å²) >= 11 is 0. The number of hydrogen-bond donors (Lipinski definition) is 0. The van der Waals surface area contributed by atoms with Crippen molar-refractivity contribution in [2.75, 3.05) is 13.1 Å². The third kappa shape index (κ3) is 4.96. The summed E-state index contributed by atoms with van der Waals surface area (Å²) in [6.45, 7) is 0.943. The molecule has 1 fully saturated rings. The highest BCUT2D eigenvalue weighted by atomic mass is 19.4. The molecule has 1 heterocycles. The zero-order valence-corrected chi connectivity index (χ0v) is 17.5. The van der Waals surface area contributed by atoms with Crippen LogP contribution in [-0.4, -0.2) is 23.9 Å². The Kier molecular flexibility index (Phi) is 6.21. The molecular weight excluding hydrogens is 415 g/mol. The molecule has 6 heteroatoms. The Bertz CT molecular complexity index is 1040. The Morgan fingerprint density at radius 3 is 2.12 bits per heavy atom. The number of nitrogens with zero attached hydrogens (tertiary/aromatic N) is 1. The molecule has 32 heavy (non-hydrogen) atoms. The number of carbonyl (C=O) groups excluding carboxylic acids is 1. The monoisotopic (exact) mass is 439 g/mol. The van der Waals surface area contributed by atoms with E-state index in [4.69, 9.17) is 4.74 Å². The van der Waals surface area contributed by atoms with Crippen molar-refractivity contribution in [2.45, 2.75) is 31.0 Å². The minimum Gasteiger partial charge on any atom is -0.482 e. The molecule has 166 valence electrons. The Balaban J connectivity index is 1.54. The van der Waals surface area contributed by atoms with E-state index >= 15 is 0 Å². The van der Waals surface area contributed by atoms with E-state index in [2.05, 4.69) is 0 Å². The average Bonchev–Trinajstić information content (AvgIpc) is 2.80. The van der Waals surface area contributed by atoms with Gasteiger partial charge >= 0.3 is 6.18 Å². The quantitative estimate of drug-likeness (QED) is 0.500. The standard InChI is InChI=1S/C26H24F3NO2/c27-26(28,29)22-12-7-13-23(19-22)32-25(21-10-5-2-6-11-21)14-16-30(17-15-25)24(31)18-20-8-3-1-4-9-20/h1-13,19H,14-18H2. The van der Waals surface area contributed by atoms with Crippen LogP contribution in [0.4, 0.5) is 13.2 Å². The first-order valence-electron chi connectivity index (χ1n) is 10.6. The second kappa shape index (κ2) is 9.07. The van der Waals surface area contributed by atoms with Gasteiger partial charge < -0.3 is 9.64 Å². The third-order valence-corrected chi connectivity index (χ3v) is 5.90. The number of amides is 1. The molecule has 4 rings (SSSR count). The third-order valence-electron chi connectivity index (χ3n) is 5.90. The first-order chi connectivity index (χ1) is 15.4. The van der Waals surface area contributed by atoms with Gasteiger partial charge in [-0.1, -0.05) is 66.7 Å². The molecule has 1 aliphatic rings. The largest absolute Gasteiger partial charge is 0.482 e. The Labute approximate surface area is 185 Å². The molecule has 0 saturated carbocycles. The summed E-state index contributed by atoms with van der Waals surface area (Å²) in [4.78, 5) is 14.6. The number of halogens is 3. The predicted molar refractivity (Wildman–Crippen MR) is 116 cm³/mol. The highest BCUT2D eigenvalue weighted by Gasteiger charge is 2.40. The summed E-state index contributed by atoms with van der Waals surface area (Å²) in [5, 5.41) is 0. The zero-order valence-electron chi connectivity index (χ0n) is 17.5. The minimum absolute atomic E-state index is 0.0388. The average molecular weight is 439 g/mol. The molecule has 0 bridgehead atoms. The lowest BCUT2D eigenvalue weighted by Gasteiger charge is -2.42. The van der Waals surface area contributed by atoms with E-state index in [1.807, 2.05) is 65.6 Å². The van der Waals surface area contributed by atoms with E-state index in [0.717, 1.165) is 23.3 Å². The summed E-state index contributed by atoms with van der Waals surface area (Å²) in [7, 11) is 0. The van der Waals surface area contributed by atoms with Crippen LogP contribution in [0.2, 0.25) is 0 Å². The fraction of sp³-hybridized carbons (Fsp3) is 0.269. The highest BCUT2D eigenvalue weighted by molar-refractivity contribution is 5.78. The number of ether oxygens (including phenoxy) is 1. The molecule has 0 atom stereocenters. The van der Waals surface area contributed by atoms with Crippen molar-refractivity contribution in [1.82, 2.24) is 4.90 Å². The summed E-state index contributed by atoms with van der Waals surface area (Å²) in [5.74, 6) is 0.213. The Morgan fingerprint density at radius 1 is 0.875 bits per heavy atom. The maximum Gasteiger partial charge on any atom is 0.416 e. The van der Waals surface area contributed by atoms with Crippen LogP contribution >= 0.6 is 0 Å². The van der Waals surface area contributed by atoms with E-state index in [9.17, 15) is 18.0 Å². The van der Waals surface area contributed by atoms with Gasteiger partial charge in [-0.15, -0.1) is 0 Å². The molecule has 1 saturated heterocycles. The number of hydrogen-bond acceptors (Lipinski definition) is 2. The van der Waals surface area contributed by atoms with Crippen LogP contribution in [0.15, 0.2) is 84.9 Å². The van der Waals surface area contributed by atoms with E-state index in [0.29, 0.717) is 32.4 Å². The maximum absolute atomic E-state index is 13.2. The normalized spacial score (nSPS) is 15.9. The van der Waals surface area contributed by atoms with Crippen LogP contribution in [0, 0.1) is 0 Å². The lowest BCUT2D eigenvalue weighted by Crippen LogP contribution is -2.48. The molecule has 3 nitrogen and oxygen atoms in total. The van der Waals surface area contributed by atoms with Crippen molar-refractivity contribution in [1.29, 1.82) is 0 Å². The van der Waals surface area contributed by atoms with Gasteiger partial charge in [0.2, 0.25) is 5.91 Å². The van der Waals surface area contributed by atoms with Gasteiger partial charge in [-0.05, 0) is 29.3 Å². The van der Waals surface area contributed by atoms with Crippen molar-refractivity contribution in [3.63, 3.8) is 0 Å². The number of rotatable bonds is 5. The minimum atomic E-state index is -4.44. The molecule has 0 unspecified atom stereocenters. The fourth-order valence-corrected chi connectivity index (χ4v) is 4.15. The van der Waals surface area contributed by atoms with Crippen molar-refractivity contribution in [3.05, 3.63) is 102 Å². The lowest BCUT2D eigenvalue weighted by atomic mass is 9.83. The van der Waals surface area contributed by atoms with Gasteiger partial charge in [0, 0.05) is 25.9 Å². The molecule has 0 spiro atoms. The van der Waals surface area contributed by atoms with Crippen LogP contribution in [0.1, 0.15) is 29.5 Å². The summed E-state index contributed by atoms with van der Waals surface area (Å²) < 4.78 is 45.8. The van der Waals surface area contributed by atoms with Crippen molar-refractivity contribution < 1.29 is 22.7 Å². The van der Waals surface area contributed by atoms with Gasteiger partial charge in [0.1, 0.15) is 11.4 Å². The van der Waals surface area contributed by atoms with Crippen molar-refractivity contribution >= 4 is 5.91 Å². The summed E-state index contributed by atoms with van der Waals surface area (Å²) in [6, 6.07) is 24.1. The predicted octanol–water partition coefficient (Wildman–Crippen LogP) is 5.84. The molecule has 1 amide bonds. The van der Waals surface area contributed by atoms with Gasteiger partial charge in [0.05, 0.1) is 12.0 Å². The number of carbonyl (C=O) groups is 1. The number of alkyl halides is 3. The summed E-state index contributed by atoms with van der Waals surface area (Å²) in [5.41, 5.74) is 0.313. The number of piperidine rings is 1. The molecule has 0 aliphatic carbocycles. The molecule has 0 N–H and O–H groups in total. The van der Waals surface area contributed by atoms with Crippen LogP contribution in [0.25, 0.3) is 0 Å². The summed E-state index contributed by atoms with van der Waals surface area (Å²) in [6.07, 6.45) is -3.12. The van der Waals surface area contributed by atoms with E-state index < -0.39 is 17.3 Å². The van der Waals surface area contributed by atoms with Crippen LogP contribution in [-0.2, 0) is 23.0 Å². The first kappa shape index (κ1) is 21.9. The van der Waals surface area contributed by atoms with Gasteiger partial charge in [-0.3, -0.25) is 4.79 Å². The van der Waals surface area contributed by atoms with Crippen LogP contribution in [0.5, 0.6) is 5.75 Å². The second-order valence-corrected chi connectivity index (χ2v) is 8.03. The second-order valence-electron chi connectivity index (χ2n) is 8.03. The van der Waals surface area contributed by atoms with Gasteiger partial charge in [-0.2, -0.15) is 13.2 Å². The Hall–Kier alpha value is -3.28. The molecular formula is C26H24F3NO2. The molecule has 3 aromatic rings. The molecule has 1 aliphatic heterocycles. The van der Waals surface area contributed by atoms with Gasteiger partial charge in [0.25, 0.3) is 0 Å². The SMILES string of the molecule is O=C(Cc1ccccc1)N1CCC(Oc2cccc(C(F)(F)F)c2)(c2ccccc2)CC1. The van der Waals surface area contributed by atoms with Gasteiger partial charge in [-0.25, -0.2) is 0 Å². The fourth-order valence-electron chi connectivity index (χ4n) is 4.15. The smallest absolute Gasteiger partial charge is 0.416 e. The molecule has 0 radical (unpaired) electrons. The Morgan fingerprint density at radius 2 is 1.50 bits per heavy atom. The molecule has 0 aromatic heterocycles. The van der Waals surface area contributed by atoms with E-state index in [1.165, 1.54) is 6.07 Å². The van der Waals surface area contributed by atoms with Crippen molar-refractivity contribution in [3.8, 4) is 5.75 Å². The van der Waals surface area contributed by atoms with Crippen LogP contribution in [0.3, 0.4) is 0 Å². The molecule has 3 aromatic carbocycles. The van der Waals surface area contributed by atoms with E-state index in [1.54, 1.807) is 6.07 Å². The van der Waals surface area contributed by atoms with Gasteiger partial charge in [0.15, 0.2) is 0 Å². The number of benzene rings is 3. The van der Waals surface area contributed by atoms with Crippen molar-refractivity contribution in [2.24, 2.45) is 0 Å². The zero-order chi connectivity index (χ0) is 22.6. The topological polar surface area (TPSA) is 29.5 Å². The van der Waals surface area contributed by atoms with E-state index in [-0.39, 0.29) is 11.7 Å². The first-order valence-corrected chi connectivity index (χ1v) is 10.6.